The predicted molar refractivity (Wildman–Crippen MR) is 44.1 cm³/mol. The average Bonchev–Trinajstić information content (AvgIpc) is 2.59. The van der Waals surface area contributed by atoms with Gasteiger partial charge in [-0.15, -0.1) is 0 Å². The molecule has 0 aromatic carbocycles. The zero-order chi connectivity index (χ0) is 9.31. The molecule has 0 bridgehead atoms. The minimum absolute atomic E-state index is 0.0900. The molecule has 4 heteroatoms. The summed E-state index contributed by atoms with van der Waals surface area (Å²) in [6.07, 6.45) is 1.62. The average molecular weight is 186 g/mol. The molecule has 0 amide bonds. The molecule has 1 spiro atoms. The second-order valence-corrected chi connectivity index (χ2v) is 3.66. The lowest BCUT2D eigenvalue weighted by atomic mass is 9.84. The Morgan fingerprint density at radius 2 is 2.15 bits per heavy atom. The van der Waals surface area contributed by atoms with E-state index in [4.69, 9.17) is 14.6 Å². The van der Waals surface area contributed by atoms with Crippen LogP contribution in [-0.4, -0.2) is 36.5 Å². The number of aliphatic hydroxyl groups excluding tert-OH is 1. The Morgan fingerprint density at radius 1 is 1.46 bits per heavy atom. The fourth-order valence-corrected chi connectivity index (χ4v) is 2.03. The van der Waals surface area contributed by atoms with E-state index in [-0.39, 0.29) is 18.3 Å². The SMILES string of the molecule is O=C1CCC2(C[C@H]1CO)OCCO2. The monoisotopic (exact) mass is 186 g/mol. The third kappa shape index (κ3) is 1.61. The molecule has 0 unspecified atom stereocenters. The van der Waals surface area contributed by atoms with E-state index in [0.717, 1.165) is 0 Å². The first-order valence-electron chi connectivity index (χ1n) is 4.67. The summed E-state index contributed by atoms with van der Waals surface area (Å²) in [6, 6.07) is 0. The van der Waals surface area contributed by atoms with Crippen molar-refractivity contribution in [2.45, 2.75) is 25.0 Å². The Labute approximate surface area is 76.8 Å². The Morgan fingerprint density at radius 3 is 2.77 bits per heavy atom. The summed E-state index contributed by atoms with van der Waals surface area (Å²) in [5.41, 5.74) is 0. The summed E-state index contributed by atoms with van der Waals surface area (Å²) in [4.78, 5) is 11.3. The highest BCUT2D eigenvalue weighted by atomic mass is 16.7. The maximum Gasteiger partial charge on any atom is 0.169 e. The number of ether oxygens (including phenoxy) is 2. The van der Waals surface area contributed by atoms with Gasteiger partial charge in [0.2, 0.25) is 0 Å². The Kier molecular flexibility index (Phi) is 2.36. The van der Waals surface area contributed by atoms with Crippen molar-refractivity contribution >= 4 is 5.78 Å². The maximum atomic E-state index is 11.3. The van der Waals surface area contributed by atoms with Crippen molar-refractivity contribution in [3.63, 3.8) is 0 Å². The molecule has 1 N–H and O–H groups in total. The fraction of sp³-hybridized carbons (Fsp3) is 0.889. The van der Waals surface area contributed by atoms with Gasteiger partial charge in [0.25, 0.3) is 0 Å². The van der Waals surface area contributed by atoms with Crippen LogP contribution < -0.4 is 0 Å². The molecule has 0 aromatic rings. The second-order valence-electron chi connectivity index (χ2n) is 3.66. The van der Waals surface area contributed by atoms with Gasteiger partial charge in [-0.1, -0.05) is 0 Å². The van der Waals surface area contributed by atoms with E-state index in [2.05, 4.69) is 0 Å². The first-order valence-corrected chi connectivity index (χ1v) is 4.67. The molecule has 1 atom stereocenters. The molecule has 4 nitrogen and oxygen atoms in total. The van der Waals surface area contributed by atoms with Crippen molar-refractivity contribution in [2.75, 3.05) is 19.8 Å². The van der Waals surface area contributed by atoms with Crippen LogP contribution in [0.2, 0.25) is 0 Å². The largest absolute Gasteiger partial charge is 0.396 e. The van der Waals surface area contributed by atoms with E-state index in [1.807, 2.05) is 0 Å². The number of Topliss-reactive ketones (excluding diaryl/α,β-unsaturated/α-hetero) is 1. The van der Waals surface area contributed by atoms with E-state index < -0.39 is 5.79 Å². The number of hydrogen-bond donors (Lipinski definition) is 1. The Bertz CT molecular complexity index is 208. The van der Waals surface area contributed by atoms with Crippen molar-refractivity contribution in [3.05, 3.63) is 0 Å². The Hall–Kier alpha value is -0.450. The predicted octanol–water partition coefficient (Wildman–Crippen LogP) is 0.0910. The molecule has 13 heavy (non-hydrogen) atoms. The molecule has 1 saturated carbocycles. The molecule has 1 aliphatic heterocycles. The highest BCUT2D eigenvalue weighted by Gasteiger charge is 2.44. The van der Waals surface area contributed by atoms with Crippen LogP contribution >= 0.6 is 0 Å². The minimum Gasteiger partial charge on any atom is -0.396 e. The van der Waals surface area contributed by atoms with Crippen molar-refractivity contribution in [3.8, 4) is 0 Å². The van der Waals surface area contributed by atoms with Gasteiger partial charge in [0.1, 0.15) is 5.78 Å². The van der Waals surface area contributed by atoms with Gasteiger partial charge in [0.15, 0.2) is 5.79 Å². The summed E-state index contributed by atoms with van der Waals surface area (Å²) in [7, 11) is 0. The lowest BCUT2D eigenvalue weighted by Crippen LogP contribution is -2.41. The number of aliphatic hydroxyl groups is 1. The summed E-state index contributed by atoms with van der Waals surface area (Å²) in [6.45, 7) is 1.12. The van der Waals surface area contributed by atoms with Crippen LogP contribution in [0.15, 0.2) is 0 Å². The number of carbonyl (C=O) groups is 1. The first-order chi connectivity index (χ1) is 6.26. The van der Waals surface area contributed by atoms with Crippen molar-refractivity contribution in [2.24, 2.45) is 5.92 Å². The van der Waals surface area contributed by atoms with Crippen LogP contribution in [0.25, 0.3) is 0 Å². The van der Waals surface area contributed by atoms with Crippen LogP contribution in [0.5, 0.6) is 0 Å². The highest BCUT2D eigenvalue weighted by molar-refractivity contribution is 5.82. The standard InChI is InChI=1S/C9H14O4/c10-6-7-5-9(2-1-8(7)11)12-3-4-13-9/h7,10H,1-6H2/t7-/m0/s1. The van der Waals surface area contributed by atoms with E-state index in [1.54, 1.807) is 0 Å². The minimum atomic E-state index is -0.554. The Balaban J connectivity index is 2.05. The van der Waals surface area contributed by atoms with Gasteiger partial charge >= 0.3 is 0 Å². The smallest absolute Gasteiger partial charge is 0.169 e. The van der Waals surface area contributed by atoms with Gasteiger partial charge < -0.3 is 14.6 Å². The molecule has 0 radical (unpaired) electrons. The molecule has 1 aliphatic carbocycles. The van der Waals surface area contributed by atoms with Crippen LogP contribution in [0.4, 0.5) is 0 Å². The highest BCUT2D eigenvalue weighted by Crippen LogP contribution is 2.36. The fourth-order valence-electron chi connectivity index (χ4n) is 2.03. The molecule has 2 rings (SSSR count). The summed E-state index contributed by atoms with van der Waals surface area (Å²) in [5, 5.41) is 8.97. The van der Waals surface area contributed by atoms with E-state index in [1.165, 1.54) is 0 Å². The van der Waals surface area contributed by atoms with Gasteiger partial charge in [-0.25, -0.2) is 0 Å². The topological polar surface area (TPSA) is 55.8 Å². The van der Waals surface area contributed by atoms with E-state index in [0.29, 0.717) is 32.5 Å². The van der Waals surface area contributed by atoms with Crippen LogP contribution in [0.1, 0.15) is 19.3 Å². The molecule has 2 fully saturated rings. The van der Waals surface area contributed by atoms with E-state index in [9.17, 15) is 4.79 Å². The van der Waals surface area contributed by atoms with Gasteiger partial charge in [-0.3, -0.25) is 4.79 Å². The molecular weight excluding hydrogens is 172 g/mol. The van der Waals surface area contributed by atoms with E-state index >= 15 is 0 Å². The van der Waals surface area contributed by atoms with Gasteiger partial charge in [-0.2, -0.15) is 0 Å². The number of hydrogen-bond acceptors (Lipinski definition) is 4. The van der Waals surface area contributed by atoms with Gasteiger partial charge in [0.05, 0.1) is 19.8 Å². The van der Waals surface area contributed by atoms with Gasteiger partial charge in [0, 0.05) is 25.2 Å². The molecule has 0 aromatic heterocycles. The van der Waals surface area contributed by atoms with Gasteiger partial charge in [-0.05, 0) is 0 Å². The van der Waals surface area contributed by atoms with Crippen molar-refractivity contribution in [1.29, 1.82) is 0 Å². The number of carbonyl (C=O) groups excluding carboxylic acids is 1. The van der Waals surface area contributed by atoms with Crippen LogP contribution in [0, 0.1) is 5.92 Å². The van der Waals surface area contributed by atoms with Crippen molar-refractivity contribution < 1.29 is 19.4 Å². The number of rotatable bonds is 1. The molecule has 1 heterocycles. The number of ketones is 1. The molecule has 2 aliphatic rings. The lowest BCUT2D eigenvalue weighted by Gasteiger charge is -2.34. The molecular formula is C9H14O4. The lowest BCUT2D eigenvalue weighted by molar-refractivity contribution is -0.191. The van der Waals surface area contributed by atoms with Crippen molar-refractivity contribution in [1.82, 2.24) is 0 Å². The third-order valence-electron chi connectivity index (χ3n) is 2.80. The summed E-state index contributed by atoms with van der Waals surface area (Å²) < 4.78 is 11.0. The normalized spacial score (nSPS) is 32.7. The van der Waals surface area contributed by atoms with Crippen LogP contribution in [-0.2, 0) is 14.3 Å². The molecule has 74 valence electrons. The molecule has 1 saturated heterocycles. The summed E-state index contributed by atoms with van der Waals surface area (Å²) in [5.74, 6) is -0.708. The quantitative estimate of drug-likeness (QED) is 0.630. The second kappa shape index (κ2) is 3.36. The first kappa shape index (κ1) is 9.12. The third-order valence-corrected chi connectivity index (χ3v) is 2.80. The summed E-state index contributed by atoms with van der Waals surface area (Å²) >= 11 is 0. The zero-order valence-corrected chi connectivity index (χ0v) is 7.49. The zero-order valence-electron chi connectivity index (χ0n) is 7.49. The maximum absolute atomic E-state index is 11.3. The van der Waals surface area contributed by atoms with Crippen LogP contribution in [0.3, 0.4) is 0 Å².